The van der Waals surface area contributed by atoms with E-state index in [1.807, 2.05) is 0 Å². The summed E-state index contributed by atoms with van der Waals surface area (Å²) in [6.07, 6.45) is 0. The molecule has 0 aliphatic carbocycles. The van der Waals surface area contributed by atoms with Gasteiger partial charge in [-0.3, -0.25) is 20.7 Å². The lowest BCUT2D eigenvalue weighted by Gasteiger charge is -2.09. The summed E-state index contributed by atoms with van der Waals surface area (Å²) in [7, 11) is -4.09. The monoisotopic (exact) mass is 330 g/mol. The fourth-order valence-electron chi connectivity index (χ4n) is 1.47. The van der Waals surface area contributed by atoms with Gasteiger partial charge >= 0.3 is 0 Å². The summed E-state index contributed by atoms with van der Waals surface area (Å²) >= 11 is 0.858. The third-order valence-electron chi connectivity index (χ3n) is 2.37. The molecule has 0 saturated heterocycles. The van der Waals surface area contributed by atoms with Crippen LogP contribution in [0.2, 0.25) is 0 Å². The third kappa shape index (κ3) is 3.24. The Bertz CT molecular complexity index is 787. The first-order valence-corrected chi connectivity index (χ1v) is 7.67. The molecule has 0 saturated carbocycles. The van der Waals surface area contributed by atoms with Crippen molar-refractivity contribution in [2.75, 3.05) is 10.1 Å². The minimum atomic E-state index is -4.09. The van der Waals surface area contributed by atoms with E-state index in [4.69, 9.17) is 5.84 Å². The summed E-state index contributed by atoms with van der Waals surface area (Å²) in [5, 5.41) is 10.8. The number of nitrogens with zero attached hydrogens (tertiary/aromatic N) is 3. The van der Waals surface area contributed by atoms with Crippen molar-refractivity contribution in [2.24, 2.45) is 5.84 Å². The number of nitro benzene ring substituents is 1. The van der Waals surface area contributed by atoms with Gasteiger partial charge in [-0.2, -0.15) is 4.37 Å². The summed E-state index contributed by atoms with van der Waals surface area (Å²) in [4.78, 5) is 13.6. The zero-order chi connectivity index (χ0) is 15.6. The minimum absolute atomic E-state index is 0.0225. The first-order chi connectivity index (χ1) is 9.83. The normalized spacial score (nSPS) is 11.1. The number of nitrogen functional groups attached to an aromatic ring is 1. The third-order valence-corrected chi connectivity index (χ3v) is 4.60. The van der Waals surface area contributed by atoms with Gasteiger partial charge in [0, 0.05) is 23.7 Å². The van der Waals surface area contributed by atoms with Gasteiger partial charge in [0.25, 0.3) is 15.7 Å². The molecule has 1 aromatic heterocycles. The molecule has 0 spiro atoms. The van der Waals surface area contributed by atoms with Crippen molar-refractivity contribution in [3.05, 3.63) is 34.1 Å². The Kier molecular flexibility index (Phi) is 4.02. The lowest BCUT2D eigenvalue weighted by Crippen LogP contribution is -2.17. The number of hydrogen-bond donors (Lipinski definition) is 3. The summed E-state index contributed by atoms with van der Waals surface area (Å²) in [5.74, 6) is 5.64. The highest BCUT2D eigenvalue weighted by molar-refractivity contribution is 7.93. The van der Waals surface area contributed by atoms with Gasteiger partial charge in [0.2, 0.25) is 5.13 Å². The topological polar surface area (TPSA) is 153 Å². The molecule has 1 aromatic carbocycles. The number of aromatic nitrogens is 2. The molecule has 10 nitrogen and oxygen atoms in total. The number of benzene rings is 1. The molecule has 2 rings (SSSR count). The van der Waals surface area contributed by atoms with Gasteiger partial charge in [0.05, 0.1) is 10.6 Å². The summed E-state index contributed by atoms with van der Waals surface area (Å²) in [6, 6.07) is 3.26. The lowest BCUT2D eigenvalue weighted by molar-refractivity contribution is -0.385. The smallest absolute Gasteiger partial charge is 0.270 e. The Morgan fingerprint density at radius 3 is 2.67 bits per heavy atom. The maximum absolute atomic E-state index is 12.3. The van der Waals surface area contributed by atoms with Crippen LogP contribution in [0, 0.1) is 17.0 Å². The summed E-state index contributed by atoms with van der Waals surface area (Å²) in [5.41, 5.74) is 1.83. The van der Waals surface area contributed by atoms with Gasteiger partial charge in [-0.25, -0.2) is 13.4 Å². The SMILES string of the molecule is Cc1nsc(NS(=O)(=O)c2cc([N+](=O)[O-])ccc2NN)n1. The molecule has 4 N–H and O–H groups in total. The summed E-state index contributed by atoms with van der Waals surface area (Å²) in [6.45, 7) is 1.61. The highest BCUT2D eigenvalue weighted by Gasteiger charge is 2.23. The van der Waals surface area contributed by atoms with Crippen LogP contribution in [0.4, 0.5) is 16.5 Å². The van der Waals surface area contributed by atoms with Crippen molar-refractivity contribution in [3.63, 3.8) is 0 Å². The summed E-state index contributed by atoms with van der Waals surface area (Å²) < 4.78 is 30.6. The molecule has 0 aliphatic heterocycles. The number of rotatable bonds is 5. The molecule has 0 unspecified atom stereocenters. The van der Waals surface area contributed by atoms with E-state index >= 15 is 0 Å². The molecule has 0 aliphatic rings. The van der Waals surface area contributed by atoms with E-state index in [0.717, 1.165) is 23.7 Å². The maximum Gasteiger partial charge on any atom is 0.270 e. The van der Waals surface area contributed by atoms with Crippen molar-refractivity contribution >= 4 is 38.1 Å². The lowest BCUT2D eigenvalue weighted by atomic mass is 10.3. The van der Waals surface area contributed by atoms with Gasteiger partial charge in [-0.1, -0.05) is 0 Å². The Hall–Kier alpha value is -2.31. The molecule has 0 fully saturated rings. The quantitative estimate of drug-likeness (QED) is 0.414. The zero-order valence-corrected chi connectivity index (χ0v) is 12.2. The van der Waals surface area contributed by atoms with Gasteiger partial charge in [-0.15, -0.1) is 0 Å². The first-order valence-electron chi connectivity index (χ1n) is 5.41. The zero-order valence-electron chi connectivity index (χ0n) is 10.6. The number of nitrogens with one attached hydrogen (secondary N) is 2. The molecular weight excluding hydrogens is 320 g/mol. The van der Waals surface area contributed by atoms with Crippen LogP contribution in [-0.4, -0.2) is 22.7 Å². The van der Waals surface area contributed by atoms with E-state index in [1.165, 1.54) is 6.07 Å². The Morgan fingerprint density at radius 1 is 1.43 bits per heavy atom. The van der Waals surface area contributed by atoms with Crippen molar-refractivity contribution < 1.29 is 13.3 Å². The number of nitrogens with two attached hydrogens (primary N) is 1. The van der Waals surface area contributed by atoms with Gasteiger partial charge in [-0.05, 0) is 13.0 Å². The van der Waals surface area contributed by atoms with Crippen molar-refractivity contribution in [3.8, 4) is 0 Å². The van der Waals surface area contributed by atoms with Gasteiger partial charge in [0.15, 0.2) is 0 Å². The predicted octanol–water partition coefficient (Wildman–Crippen LogP) is 0.841. The van der Waals surface area contributed by atoms with Crippen LogP contribution in [0.5, 0.6) is 0 Å². The average molecular weight is 330 g/mol. The number of nitro groups is 1. The highest BCUT2D eigenvalue weighted by Crippen LogP contribution is 2.27. The van der Waals surface area contributed by atoms with Crippen LogP contribution in [0.3, 0.4) is 0 Å². The highest BCUT2D eigenvalue weighted by atomic mass is 32.2. The Morgan fingerprint density at radius 2 is 2.14 bits per heavy atom. The van der Waals surface area contributed by atoms with Crippen LogP contribution >= 0.6 is 11.5 Å². The molecular formula is C9H10N6O4S2. The molecule has 21 heavy (non-hydrogen) atoms. The predicted molar refractivity (Wildman–Crippen MR) is 76.4 cm³/mol. The fraction of sp³-hybridized carbons (Fsp3) is 0.111. The second-order valence-corrected chi connectivity index (χ2v) is 6.24. The van der Waals surface area contributed by atoms with Crippen molar-refractivity contribution in [1.29, 1.82) is 0 Å². The molecule has 0 atom stereocenters. The average Bonchev–Trinajstić information content (AvgIpc) is 2.82. The number of hydrazine groups is 1. The molecule has 0 amide bonds. The fourth-order valence-corrected chi connectivity index (χ4v) is 3.46. The minimum Gasteiger partial charge on any atom is -0.323 e. The molecule has 0 radical (unpaired) electrons. The van der Waals surface area contributed by atoms with Crippen LogP contribution < -0.4 is 16.0 Å². The molecule has 112 valence electrons. The first kappa shape index (κ1) is 15.1. The van der Waals surface area contributed by atoms with E-state index < -0.39 is 14.9 Å². The van der Waals surface area contributed by atoms with Crippen molar-refractivity contribution in [1.82, 2.24) is 9.36 Å². The van der Waals surface area contributed by atoms with E-state index in [-0.39, 0.29) is 21.4 Å². The maximum atomic E-state index is 12.3. The number of sulfonamides is 1. The van der Waals surface area contributed by atoms with Crippen LogP contribution in [-0.2, 0) is 10.0 Å². The van der Waals surface area contributed by atoms with Crippen LogP contribution in [0.1, 0.15) is 5.82 Å². The second kappa shape index (κ2) is 5.59. The molecule has 2 aromatic rings. The van der Waals surface area contributed by atoms with E-state index in [1.54, 1.807) is 6.92 Å². The molecule has 12 heteroatoms. The molecule has 1 heterocycles. The van der Waals surface area contributed by atoms with E-state index in [9.17, 15) is 18.5 Å². The second-order valence-electron chi connectivity index (χ2n) is 3.83. The van der Waals surface area contributed by atoms with E-state index in [2.05, 4.69) is 19.5 Å². The largest absolute Gasteiger partial charge is 0.323 e. The number of non-ortho nitro benzene ring substituents is 1. The molecule has 0 bridgehead atoms. The van der Waals surface area contributed by atoms with Crippen molar-refractivity contribution in [2.45, 2.75) is 11.8 Å². The van der Waals surface area contributed by atoms with E-state index in [0.29, 0.717) is 5.82 Å². The Labute approximate surface area is 123 Å². The van der Waals surface area contributed by atoms with Gasteiger partial charge in [0.1, 0.15) is 10.7 Å². The van der Waals surface area contributed by atoms with Gasteiger partial charge < -0.3 is 5.43 Å². The standard InChI is InChI=1S/C9H10N6O4S2/c1-5-11-9(20-13-5)14-21(18,19)8-4-6(15(16)17)2-3-7(8)12-10/h2-4,12H,10H2,1H3,(H,11,13,14). The number of hydrogen-bond acceptors (Lipinski definition) is 9. The number of anilines is 2. The van der Waals surface area contributed by atoms with Crippen LogP contribution in [0.15, 0.2) is 23.1 Å². The van der Waals surface area contributed by atoms with Crippen LogP contribution in [0.25, 0.3) is 0 Å². The number of aryl methyl sites for hydroxylation is 1. The Balaban J connectivity index is 2.47.